The molecule has 7 heteroatoms. The minimum Gasteiger partial charge on any atom is -0.481 e. The fraction of sp³-hybridized carbons (Fsp3) is 0.250. The Bertz CT molecular complexity index is 537. The van der Waals surface area contributed by atoms with Crippen molar-refractivity contribution in [1.82, 2.24) is 5.32 Å². The standard InChI is InChI=1S/C12H11BrClNO2S2/c13-8-4-7(19-12(8)14)6-15-9(5-11(16)17)10-2-1-3-18-10/h1-4,9,15H,5-6H2,(H,16,17). The predicted octanol–water partition coefficient (Wildman–Crippen LogP) is 4.53. The Labute approximate surface area is 132 Å². The van der Waals surface area contributed by atoms with Crippen LogP contribution in [0.2, 0.25) is 4.34 Å². The molecule has 2 N–H and O–H groups in total. The molecular weight excluding hydrogens is 370 g/mol. The lowest BCUT2D eigenvalue weighted by atomic mass is 10.1. The summed E-state index contributed by atoms with van der Waals surface area (Å²) >= 11 is 12.4. The fourth-order valence-corrected chi connectivity index (χ4v) is 4.18. The largest absolute Gasteiger partial charge is 0.481 e. The van der Waals surface area contributed by atoms with Crippen LogP contribution in [0.25, 0.3) is 0 Å². The number of hydrogen-bond acceptors (Lipinski definition) is 4. The summed E-state index contributed by atoms with van der Waals surface area (Å²) in [6.45, 7) is 0.603. The normalized spacial score (nSPS) is 12.5. The van der Waals surface area contributed by atoms with Crippen LogP contribution in [-0.4, -0.2) is 11.1 Å². The van der Waals surface area contributed by atoms with E-state index in [1.54, 1.807) is 11.3 Å². The van der Waals surface area contributed by atoms with Gasteiger partial charge in [0.15, 0.2) is 0 Å². The Hall–Kier alpha value is -0.400. The molecule has 0 aromatic carbocycles. The third-order valence-electron chi connectivity index (χ3n) is 2.48. The van der Waals surface area contributed by atoms with Crippen molar-refractivity contribution in [3.8, 4) is 0 Å². The minimum atomic E-state index is -0.809. The zero-order valence-corrected chi connectivity index (χ0v) is 13.7. The minimum absolute atomic E-state index is 0.0702. The number of carboxylic acids is 1. The molecule has 0 saturated carbocycles. The quantitative estimate of drug-likeness (QED) is 0.774. The first kappa shape index (κ1) is 15.0. The summed E-state index contributed by atoms with van der Waals surface area (Å²) in [5.41, 5.74) is 0. The lowest BCUT2D eigenvalue weighted by Crippen LogP contribution is -2.22. The average Bonchev–Trinajstić information content (AvgIpc) is 2.95. The van der Waals surface area contributed by atoms with E-state index < -0.39 is 5.97 Å². The van der Waals surface area contributed by atoms with Gasteiger partial charge in [-0.15, -0.1) is 22.7 Å². The number of aliphatic carboxylic acids is 1. The first-order valence-electron chi connectivity index (χ1n) is 5.48. The summed E-state index contributed by atoms with van der Waals surface area (Å²) in [6.07, 6.45) is 0.0702. The Morgan fingerprint density at radius 1 is 1.58 bits per heavy atom. The molecule has 2 rings (SSSR count). The average molecular weight is 381 g/mol. The molecule has 0 aliphatic heterocycles. The van der Waals surface area contributed by atoms with Crippen molar-refractivity contribution >= 4 is 56.2 Å². The van der Waals surface area contributed by atoms with Gasteiger partial charge in [0.25, 0.3) is 0 Å². The molecule has 0 radical (unpaired) electrons. The van der Waals surface area contributed by atoms with Crippen molar-refractivity contribution in [2.75, 3.05) is 0 Å². The third kappa shape index (κ3) is 4.29. The van der Waals surface area contributed by atoms with Crippen LogP contribution in [0.15, 0.2) is 28.1 Å². The maximum atomic E-state index is 10.9. The number of carboxylic acid groups (broad SMARTS) is 1. The van der Waals surface area contributed by atoms with Crippen LogP contribution in [0.4, 0.5) is 0 Å². The molecule has 0 aliphatic carbocycles. The number of halogens is 2. The summed E-state index contributed by atoms with van der Waals surface area (Å²) in [4.78, 5) is 13.0. The van der Waals surface area contributed by atoms with Gasteiger partial charge in [-0.1, -0.05) is 17.7 Å². The van der Waals surface area contributed by atoms with Crippen LogP contribution in [0.1, 0.15) is 22.2 Å². The van der Waals surface area contributed by atoms with E-state index >= 15 is 0 Å². The molecule has 2 aromatic rings. The second-order valence-corrected chi connectivity index (χ2v) is 7.45. The lowest BCUT2D eigenvalue weighted by molar-refractivity contribution is -0.137. The molecule has 0 amide bonds. The Morgan fingerprint density at radius 3 is 2.89 bits per heavy atom. The van der Waals surface area contributed by atoms with E-state index in [2.05, 4.69) is 21.2 Å². The van der Waals surface area contributed by atoms with E-state index in [1.807, 2.05) is 23.6 Å². The molecular formula is C12H11BrClNO2S2. The first-order valence-corrected chi connectivity index (χ1v) is 8.35. The van der Waals surface area contributed by atoms with Gasteiger partial charge in [-0.05, 0) is 33.4 Å². The zero-order chi connectivity index (χ0) is 13.8. The van der Waals surface area contributed by atoms with Gasteiger partial charge in [-0.2, -0.15) is 0 Å². The molecule has 19 heavy (non-hydrogen) atoms. The molecule has 0 aliphatic rings. The number of thiophene rings is 2. The predicted molar refractivity (Wildman–Crippen MR) is 83.2 cm³/mol. The van der Waals surface area contributed by atoms with Gasteiger partial charge in [0.05, 0.1) is 12.5 Å². The van der Waals surface area contributed by atoms with Gasteiger partial charge in [-0.25, -0.2) is 0 Å². The van der Waals surface area contributed by atoms with E-state index in [-0.39, 0.29) is 12.5 Å². The van der Waals surface area contributed by atoms with Crippen molar-refractivity contribution < 1.29 is 9.90 Å². The van der Waals surface area contributed by atoms with Crippen LogP contribution in [-0.2, 0) is 11.3 Å². The van der Waals surface area contributed by atoms with Gasteiger partial charge in [0.2, 0.25) is 0 Å². The second-order valence-electron chi connectivity index (χ2n) is 3.88. The highest BCUT2D eigenvalue weighted by Gasteiger charge is 2.16. The van der Waals surface area contributed by atoms with Crippen LogP contribution in [0.3, 0.4) is 0 Å². The summed E-state index contributed by atoms with van der Waals surface area (Å²) in [5.74, 6) is -0.809. The van der Waals surface area contributed by atoms with Crippen molar-refractivity contribution in [3.05, 3.63) is 42.1 Å². The summed E-state index contributed by atoms with van der Waals surface area (Å²) < 4.78 is 1.59. The number of nitrogens with one attached hydrogen (secondary N) is 1. The van der Waals surface area contributed by atoms with E-state index in [1.165, 1.54) is 11.3 Å². The van der Waals surface area contributed by atoms with Crippen LogP contribution in [0.5, 0.6) is 0 Å². The molecule has 2 aromatic heterocycles. The summed E-state index contributed by atoms with van der Waals surface area (Å²) in [7, 11) is 0. The number of carbonyl (C=O) groups is 1. The monoisotopic (exact) mass is 379 g/mol. The van der Waals surface area contributed by atoms with E-state index in [4.69, 9.17) is 16.7 Å². The second kappa shape index (κ2) is 6.85. The van der Waals surface area contributed by atoms with Crippen LogP contribution >= 0.6 is 50.2 Å². The van der Waals surface area contributed by atoms with Crippen LogP contribution < -0.4 is 5.32 Å². The lowest BCUT2D eigenvalue weighted by Gasteiger charge is -2.14. The first-order chi connectivity index (χ1) is 9.06. The van der Waals surface area contributed by atoms with E-state index in [0.29, 0.717) is 10.9 Å². The molecule has 0 spiro atoms. The Balaban J connectivity index is 2.02. The number of rotatable bonds is 6. The van der Waals surface area contributed by atoms with Crippen LogP contribution in [0, 0.1) is 0 Å². The van der Waals surface area contributed by atoms with Gasteiger partial charge in [-0.3, -0.25) is 4.79 Å². The molecule has 102 valence electrons. The Morgan fingerprint density at radius 2 is 2.37 bits per heavy atom. The zero-order valence-electron chi connectivity index (χ0n) is 9.73. The van der Waals surface area contributed by atoms with Crippen molar-refractivity contribution in [3.63, 3.8) is 0 Å². The number of hydrogen-bond donors (Lipinski definition) is 2. The van der Waals surface area contributed by atoms with E-state index in [9.17, 15) is 4.79 Å². The van der Waals surface area contributed by atoms with E-state index in [0.717, 1.165) is 14.2 Å². The Kier molecular flexibility index (Phi) is 5.41. The van der Waals surface area contributed by atoms with Gasteiger partial charge in [0, 0.05) is 20.8 Å². The maximum Gasteiger partial charge on any atom is 0.305 e. The topological polar surface area (TPSA) is 49.3 Å². The molecule has 3 nitrogen and oxygen atoms in total. The summed E-state index contributed by atoms with van der Waals surface area (Å²) in [5, 5.41) is 14.2. The van der Waals surface area contributed by atoms with Gasteiger partial charge >= 0.3 is 5.97 Å². The SMILES string of the molecule is O=C(O)CC(NCc1cc(Br)c(Cl)s1)c1cccs1. The fourth-order valence-electron chi connectivity index (χ4n) is 1.64. The highest BCUT2D eigenvalue weighted by Crippen LogP contribution is 2.32. The van der Waals surface area contributed by atoms with Crippen molar-refractivity contribution in [2.45, 2.75) is 19.0 Å². The molecule has 1 atom stereocenters. The molecule has 2 heterocycles. The molecule has 1 unspecified atom stereocenters. The smallest absolute Gasteiger partial charge is 0.305 e. The molecule has 0 saturated heterocycles. The van der Waals surface area contributed by atoms with Gasteiger partial charge in [0.1, 0.15) is 4.34 Å². The third-order valence-corrected chi connectivity index (χ3v) is 5.94. The molecule has 0 bridgehead atoms. The van der Waals surface area contributed by atoms with Crippen molar-refractivity contribution in [1.29, 1.82) is 0 Å². The highest BCUT2D eigenvalue weighted by atomic mass is 79.9. The highest BCUT2D eigenvalue weighted by molar-refractivity contribution is 9.10. The van der Waals surface area contributed by atoms with Gasteiger partial charge < -0.3 is 10.4 Å². The van der Waals surface area contributed by atoms with Crippen molar-refractivity contribution in [2.24, 2.45) is 0 Å². The molecule has 0 fully saturated rings. The summed E-state index contributed by atoms with van der Waals surface area (Å²) in [6, 6.07) is 5.65. The maximum absolute atomic E-state index is 10.9.